The Morgan fingerprint density at radius 1 is 1.44 bits per heavy atom. The van der Waals surface area contributed by atoms with Crippen molar-refractivity contribution in [3.8, 4) is 0 Å². The molecule has 1 aliphatic carbocycles. The lowest BCUT2D eigenvalue weighted by molar-refractivity contribution is -0.127. The molecule has 0 saturated heterocycles. The first-order chi connectivity index (χ1) is 8.50. The molecule has 3 unspecified atom stereocenters. The summed E-state index contributed by atoms with van der Waals surface area (Å²) in [6.45, 7) is 8.33. The quantitative estimate of drug-likeness (QED) is 0.709. The minimum absolute atomic E-state index is 0.0150. The Bertz CT molecular complexity index is 256. The monoisotopic (exact) mass is 256 g/mol. The Morgan fingerprint density at radius 3 is 2.83 bits per heavy atom. The van der Waals surface area contributed by atoms with Crippen molar-refractivity contribution in [3.05, 3.63) is 0 Å². The highest BCUT2D eigenvalue weighted by Crippen LogP contribution is 2.27. The van der Waals surface area contributed by atoms with Gasteiger partial charge in [-0.15, -0.1) is 0 Å². The van der Waals surface area contributed by atoms with Gasteiger partial charge in [0.1, 0.15) is 0 Å². The largest absolute Gasteiger partial charge is 0.379 e. The Kier molecular flexibility index (Phi) is 6.65. The number of rotatable bonds is 6. The molecule has 0 aromatic carbocycles. The van der Waals surface area contributed by atoms with E-state index < -0.39 is 0 Å². The zero-order valence-electron chi connectivity index (χ0n) is 11.9. The number of amides is 1. The molecular weight excluding hydrogens is 228 g/mol. The van der Waals surface area contributed by atoms with E-state index in [4.69, 9.17) is 10.5 Å². The van der Waals surface area contributed by atoms with Crippen molar-refractivity contribution in [2.24, 2.45) is 23.5 Å². The van der Waals surface area contributed by atoms with Crippen molar-refractivity contribution in [1.82, 2.24) is 5.32 Å². The van der Waals surface area contributed by atoms with Gasteiger partial charge in [0, 0.05) is 19.2 Å². The third-order valence-electron chi connectivity index (χ3n) is 3.50. The van der Waals surface area contributed by atoms with E-state index in [2.05, 4.69) is 26.1 Å². The first kappa shape index (κ1) is 15.4. The number of carbonyl (C=O) groups excluding carboxylic acids is 1. The van der Waals surface area contributed by atoms with E-state index in [9.17, 15) is 4.79 Å². The van der Waals surface area contributed by atoms with Crippen LogP contribution in [0.1, 0.15) is 40.0 Å². The second kappa shape index (κ2) is 7.74. The molecule has 4 nitrogen and oxygen atoms in total. The van der Waals surface area contributed by atoms with Gasteiger partial charge in [0.15, 0.2) is 0 Å². The Morgan fingerprint density at radius 2 is 2.17 bits per heavy atom. The van der Waals surface area contributed by atoms with Crippen LogP contribution in [0, 0.1) is 17.8 Å². The molecule has 1 saturated carbocycles. The molecule has 1 rings (SSSR count). The first-order valence-corrected chi connectivity index (χ1v) is 7.11. The van der Waals surface area contributed by atoms with E-state index >= 15 is 0 Å². The molecule has 0 aromatic rings. The first-order valence-electron chi connectivity index (χ1n) is 7.11. The third kappa shape index (κ3) is 5.36. The van der Waals surface area contributed by atoms with E-state index in [1.807, 2.05) is 0 Å². The summed E-state index contributed by atoms with van der Waals surface area (Å²) in [6.07, 6.45) is 3.02. The molecular formula is C14H28N2O2. The number of hydrogen-bond acceptors (Lipinski definition) is 3. The molecule has 1 fully saturated rings. The summed E-state index contributed by atoms with van der Waals surface area (Å²) < 4.78 is 5.43. The van der Waals surface area contributed by atoms with Crippen LogP contribution < -0.4 is 11.1 Å². The van der Waals surface area contributed by atoms with Gasteiger partial charge < -0.3 is 15.8 Å². The molecule has 106 valence electrons. The zero-order chi connectivity index (χ0) is 13.5. The minimum atomic E-state index is -0.0150. The van der Waals surface area contributed by atoms with Gasteiger partial charge in [-0.2, -0.15) is 0 Å². The summed E-state index contributed by atoms with van der Waals surface area (Å²) in [5.74, 6) is 1.23. The van der Waals surface area contributed by atoms with Crippen LogP contribution in [0.4, 0.5) is 0 Å². The van der Waals surface area contributed by atoms with Crippen molar-refractivity contribution >= 4 is 5.91 Å². The number of carbonyl (C=O) groups is 1. The van der Waals surface area contributed by atoms with Crippen LogP contribution >= 0.6 is 0 Å². The fourth-order valence-corrected chi connectivity index (χ4v) is 2.40. The molecule has 0 bridgehead atoms. The Balaban J connectivity index is 2.19. The molecule has 0 radical (unpaired) electrons. The summed E-state index contributed by atoms with van der Waals surface area (Å²) in [6, 6.07) is 0.0257. The third-order valence-corrected chi connectivity index (χ3v) is 3.50. The van der Waals surface area contributed by atoms with Gasteiger partial charge in [-0.25, -0.2) is 0 Å². The molecule has 3 N–H and O–H groups in total. The predicted molar refractivity (Wildman–Crippen MR) is 73.1 cm³/mol. The fourth-order valence-electron chi connectivity index (χ4n) is 2.40. The van der Waals surface area contributed by atoms with Crippen LogP contribution in [0.3, 0.4) is 0 Å². The standard InChI is InChI=1S/C14H28N2O2/c1-10(2)9-18-7-6-16-14(17)12-8-11(3)4-5-13(12)15/h10-13H,4-9,15H2,1-3H3,(H,16,17). The predicted octanol–water partition coefficient (Wildman–Crippen LogP) is 1.54. The maximum absolute atomic E-state index is 12.0. The number of nitrogens with two attached hydrogens (primary N) is 1. The molecule has 0 heterocycles. The molecule has 0 aliphatic heterocycles. The second-order valence-corrected chi connectivity index (χ2v) is 5.95. The molecule has 3 atom stereocenters. The SMILES string of the molecule is CC(C)COCCNC(=O)C1CC(C)CCC1N. The fraction of sp³-hybridized carbons (Fsp3) is 0.929. The van der Waals surface area contributed by atoms with E-state index in [1.165, 1.54) is 0 Å². The molecule has 1 aliphatic rings. The lowest BCUT2D eigenvalue weighted by Crippen LogP contribution is -2.45. The van der Waals surface area contributed by atoms with E-state index in [0.29, 0.717) is 25.0 Å². The van der Waals surface area contributed by atoms with Crippen LogP contribution in [-0.2, 0) is 9.53 Å². The Hall–Kier alpha value is -0.610. The van der Waals surface area contributed by atoms with Crippen molar-refractivity contribution < 1.29 is 9.53 Å². The van der Waals surface area contributed by atoms with Gasteiger partial charge in [0.25, 0.3) is 0 Å². The second-order valence-electron chi connectivity index (χ2n) is 5.95. The van der Waals surface area contributed by atoms with Gasteiger partial charge in [-0.1, -0.05) is 20.8 Å². The van der Waals surface area contributed by atoms with E-state index in [0.717, 1.165) is 25.9 Å². The number of hydrogen-bond donors (Lipinski definition) is 2. The van der Waals surface area contributed by atoms with Crippen LogP contribution in [0.15, 0.2) is 0 Å². The number of ether oxygens (including phenoxy) is 1. The average molecular weight is 256 g/mol. The van der Waals surface area contributed by atoms with Crippen LogP contribution in [0.2, 0.25) is 0 Å². The smallest absolute Gasteiger partial charge is 0.224 e. The van der Waals surface area contributed by atoms with Crippen molar-refractivity contribution in [3.63, 3.8) is 0 Å². The maximum Gasteiger partial charge on any atom is 0.224 e. The lowest BCUT2D eigenvalue weighted by atomic mass is 9.79. The lowest BCUT2D eigenvalue weighted by Gasteiger charge is -2.31. The summed E-state index contributed by atoms with van der Waals surface area (Å²) in [4.78, 5) is 12.0. The topological polar surface area (TPSA) is 64.3 Å². The zero-order valence-corrected chi connectivity index (χ0v) is 11.9. The summed E-state index contributed by atoms with van der Waals surface area (Å²) in [5, 5.41) is 2.93. The highest BCUT2D eigenvalue weighted by Gasteiger charge is 2.31. The highest BCUT2D eigenvalue weighted by atomic mass is 16.5. The summed E-state index contributed by atoms with van der Waals surface area (Å²) >= 11 is 0. The van der Waals surface area contributed by atoms with Gasteiger partial charge in [0.05, 0.1) is 12.5 Å². The summed E-state index contributed by atoms with van der Waals surface area (Å²) in [5.41, 5.74) is 6.02. The van der Waals surface area contributed by atoms with Gasteiger partial charge in [0.2, 0.25) is 5.91 Å². The molecule has 18 heavy (non-hydrogen) atoms. The summed E-state index contributed by atoms with van der Waals surface area (Å²) in [7, 11) is 0. The van der Waals surface area contributed by atoms with E-state index in [-0.39, 0.29) is 17.9 Å². The average Bonchev–Trinajstić information content (AvgIpc) is 2.31. The van der Waals surface area contributed by atoms with Crippen LogP contribution in [-0.4, -0.2) is 31.7 Å². The van der Waals surface area contributed by atoms with Gasteiger partial charge >= 0.3 is 0 Å². The molecule has 0 aromatic heterocycles. The number of nitrogens with one attached hydrogen (secondary N) is 1. The van der Waals surface area contributed by atoms with Crippen molar-refractivity contribution in [2.45, 2.75) is 46.1 Å². The van der Waals surface area contributed by atoms with Gasteiger partial charge in [-0.3, -0.25) is 4.79 Å². The molecule has 4 heteroatoms. The minimum Gasteiger partial charge on any atom is -0.379 e. The van der Waals surface area contributed by atoms with Gasteiger partial charge in [-0.05, 0) is 31.1 Å². The maximum atomic E-state index is 12.0. The Labute approximate surface area is 111 Å². The van der Waals surface area contributed by atoms with E-state index in [1.54, 1.807) is 0 Å². The van der Waals surface area contributed by atoms with Crippen LogP contribution in [0.25, 0.3) is 0 Å². The highest BCUT2D eigenvalue weighted by molar-refractivity contribution is 5.79. The van der Waals surface area contributed by atoms with Crippen LogP contribution in [0.5, 0.6) is 0 Å². The molecule has 0 spiro atoms. The van der Waals surface area contributed by atoms with Crippen molar-refractivity contribution in [2.75, 3.05) is 19.8 Å². The molecule has 1 amide bonds. The van der Waals surface area contributed by atoms with Crippen molar-refractivity contribution in [1.29, 1.82) is 0 Å². The normalized spacial score (nSPS) is 28.4.